The van der Waals surface area contributed by atoms with Gasteiger partial charge in [-0.2, -0.15) is 0 Å². The van der Waals surface area contributed by atoms with E-state index in [2.05, 4.69) is 10.6 Å². The number of urea groups is 1. The molecule has 2 aliphatic rings. The lowest BCUT2D eigenvalue weighted by atomic mass is 9.94. The van der Waals surface area contributed by atoms with E-state index in [-0.39, 0.29) is 17.7 Å². The van der Waals surface area contributed by atoms with Crippen LogP contribution in [0.5, 0.6) is 5.75 Å². The van der Waals surface area contributed by atoms with E-state index in [4.69, 9.17) is 9.47 Å². The van der Waals surface area contributed by atoms with E-state index in [0.29, 0.717) is 76.7 Å². The molecule has 9 nitrogen and oxygen atoms in total. The maximum Gasteiger partial charge on any atom is 0.320 e. The van der Waals surface area contributed by atoms with Crippen molar-refractivity contribution in [2.45, 2.75) is 32.2 Å². The van der Waals surface area contributed by atoms with Crippen LogP contribution in [0.15, 0.2) is 54.6 Å². The Kier molecular flexibility index (Phi) is 9.37. The van der Waals surface area contributed by atoms with Crippen molar-refractivity contribution in [3.05, 3.63) is 60.2 Å². The SMILES string of the molecule is CCOc1ccccc1NC(=O)N[C@@H](Cc1ccccc1)C(=O)N1CCC(C(=O)N2CCOCC2)CC1. The van der Waals surface area contributed by atoms with Crippen molar-refractivity contribution in [1.82, 2.24) is 15.1 Å². The molecule has 1 atom stereocenters. The summed E-state index contributed by atoms with van der Waals surface area (Å²) in [6.07, 6.45) is 1.61. The largest absolute Gasteiger partial charge is 0.492 e. The monoisotopic (exact) mass is 508 g/mol. The van der Waals surface area contributed by atoms with E-state index in [1.807, 2.05) is 54.3 Å². The van der Waals surface area contributed by atoms with Crippen LogP contribution in [-0.2, 0) is 20.7 Å². The third kappa shape index (κ3) is 7.22. The Morgan fingerprint density at radius 3 is 2.32 bits per heavy atom. The molecular formula is C28H36N4O5. The van der Waals surface area contributed by atoms with Gasteiger partial charge in [-0.15, -0.1) is 0 Å². The second-order valence-corrected chi connectivity index (χ2v) is 9.31. The molecule has 37 heavy (non-hydrogen) atoms. The van der Waals surface area contributed by atoms with Gasteiger partial charge in [0.05, 0.1) is 25.5 Å². The number of nitrogens with zero attached hydrogens (tertiary/aromatic N) is 2. The molecule has 9 heteroatoms. The molecule has 4 rings (SSSR count). The number of carbonyl (C=O) groups is 3. The molecule has 0 radical (unpaired) electrons. The van der Waals surface area contributed by atoms with Crippen LogP contribution in [-0.4, -0.2) is 79.7 Å². The fourth-order valence-electron chi connectivity index (χ4n) is 4.83. The van der Waals surface area contributed by atoms with Crippen molar-refractivity contribution in [2.75, 3.05) is 51.3 Å². The summed E-state index contributed by atoms with van der Waals surface area (Å²) in [5.74, 6) is 0.496. The molecule has 2 heterocycles. The molecule has 4 amide bonds. The van der Waals surface area contributed by atoms with Gasteiger partial charge in [-0.05, 0) is 37.5 Å². The lowest BCUT2D eigenvalue weighted by Gasteiger charge is -2.36. The fourth-order valence-corrected chi connectivity index (χ4v) is 4.83. The second-order valence-electron chi connectivity index (χ2n) is 9.31. The van der Waals surface area contributed by atoms with Crippen molar-refractivity contribution in [3.63, 3.8) is 0 Å². The van der Waals surface area contributed by atoms with Gasteiger partial charge >= 0.3 is 6.03 Å². The van der Waals surface area contributed by atoms with E-state index < -0.39 is 12.1 Å². The number of hydrogen-bond donors (Lipinski definition) is 2. The standard InChI is InChI=1S/C28H36N4O5/c1-2-37-25-11-7-6-10-23(25)29-28(35)30-24(20-21-8-4-3-5-9-21)27(34)31-14-12-22(13-15-31)26(33)32-16-18-36-19-17-32/h3-11,22,24H,2,12-20H2,1H3,(H2,29,30,35)/t24-/m0/s1. The molecule has 198 valence electrons. The Morgan fingerprint density at radius 2 is 1.62 bits per heavy atom. The number of ether oxygens (including phenoxy) is 2. The number of hydrogen-bond acceptors (Lipinski definition) is 5. The Morgan fingerprint density at radius 1 is 0.946 bits per heavy atom. The van der Waals surface area contributed by atoms with Crippen LogP contribution < -0.4 is 15.4 Å². The third-order valence-corrected chi connectivity index (χ3v) is 6.80. The summed E-state index contributed by atoms with van der Waals surface area (Å²) in [7, 11) is 0. The van der Waals surface area contributed by atoms with E-state index in [1.165, 1.54) is 0 Å². The second kappa shape index (κ2) is 13.1. The minimum atomic E-state index is -0.742. The van der Waals surface area contributed by atoms with Crippen LogP contribution in [0.4, 0.5) is 10.5 Å². The van der Waals surface area contributed by atoms with E-state index in [0.717, 1.165) is 5.56 Å². The van der Waals surface area contributed by atoms with E-state index in [1.54, 1.807) is 17.0 Å². The number of benzene rings is 2. The van der Waals surface area contributed by atoms with Gasteiger partial charge in [0, 0.05) is 38.5 Å². The van der Waals surface area contributed by atoms with Gasteiger partial charge < -0.3 is 29.9 Å². The van der Waals surface area contributed by atoms with Crippen LogP contribution in [0.1, 0.15) is 25.3 Å². The van der Waals surface area contributed by atoms with Crippen molar-refractivity contribution in [2.24, 2.45) is 5.92 Å². The minimum absolute atomic E-state index is 0.0824. The average molecular weight is 509 g/mol. The summed E-state index contributed by atoms with van der Waals surface area (Å²) < 4.78 is 11.0. The van der Waals surface area contributed by atoms with E-state index in [9.17, 15) is 14.4 Å². The highest BCUT2D eigenvalue weighted by atomic mass is 16.5. The normalized spacial score (nSPS) is 17.1. The van der Waals surface area contributed by atoms with Gasteiger partial charge in [-0.3, -0.25) is 9.59 Å². The number of rotatable bonds is 8. The molecule has 2 aromatic rings. The molecule has 2 saturated heterocycles. The quantitative estimate of drug-likeness (QED) is 0.571. The van der Waals surface area contributed by atoms with Crippen molar-refractivity contribution < 1.29 is 23.9 Å². The van der Waals surface area contributed by atoms with Gasteiger partial charge in [0.25, 0.3) is 0 Å². The van der Waals surface area contributed by atoms with Gasteiger partial charge in [0.1, 0.15) is 11.8 Å². The van der Waals surface area contributed by atoms with Crippen LogP contribution >= 0.6 is 0 Å². The fraction of sp³-hybridized carbons (Fsp3) is 0.464. The van der Waals surface area contributed by atoms with Gasteiger partial charge in [-0.25, -0.2) is 4.79 Å². The Hall–Kier alpha value is -3.59. The first kappa shape index (κ1) is 26.5. The summed E-state index contributed by atoms with van der Waals surface area (Å²) >= 11 is 0. The summed E-state index contributed by atoms with van der Waals surface area (Å²) in [6, 6.07) is 15.6. The Bertz CT molecular complexity index is 1050. The number of anilines is 1. The van der Waals surface area contributed by atoms with Crippen molar-refractivity contribution >= 4 is 23.5 Å². The molecule has 2 N–H and O–H groups in total. The average Bonchev–Trinajstić information content (AvgIpc) is 2.94. The number of morpholine rings is 1. The predicted molar refractivity (Wildman–Crippen MR) is 140 cm³/mol. The summed E-state index contributed by atoms with van der Waals surface area (Å²) in [5, 5.41) is 5.70. The summed E-state index contributed by atoms with van der Waals surface area (Å²) in [4.78, 5) is 43.1. The summed E-state index contributed by atoms with van der Waals surface area (Å²) in [5.41, 5.74) is 1.49. The Labute approximate surface area is 218 Å². The molecule has 0 aromatic heterocycles. The van der Waals surface area contributed by atoms with Crippen molar-refractivity contribution in [3.8, 4) is 5.75 Å². The van der Waals surface area contributed by atoms with Gasteiger partial charge in [0.15, 0.2) is 0 Å². The number of piperidine rings is 1. The predicted octanol–water partition coefficient (Wildman–Crippen LogP) is 2.92. The number of carbonyl (C=O) groups excluding carboxylic acids is 3. The molecule has 2 aromatic carbocycles. The van der Waals surface area contributed by atoms with Gasteiger partial charge in [0.2, 0.25) is 11.8 Å². The lowest BCUT2D eigenvalue weighted by molar-refractivity contribution is -0.144. The highest BCUT2D eigenvalue weighted by Gasteiger charge is 2.33. The summed E-state index contributed by atoms with van der Waals surface area (Å²) in [6.45, 7) is 5.73. The Balaban J connectivity index is 1.40. The molecule has 0 saturated carbocycles. The van der Waals surface area contributed by atoms with Crippen LogP contribution in [0.2, 0.25) is 0 Å². The zero-order chi connectivity index (χ0) is 26.0. The maximum atomic E-state index is 13.6. The minimum Gasteiger partial charge on any atom is -0.492 e. The first-order valence-corrected chi connectivity index (χ1v) is 13.0. The molecule has 0 spiro atoms. The van der Waals surface area contributed by atoms with Crippen LogP contribution in [0.3, 0.4) is 0 Å². The highest BCUT2D eigenvalue weighted by molar-refractivity contribution is 5.95. The molecule has 0 bridgehead atoms. The molecular weight excluding hydrogens is 472 g/mol. The number of nitrogens with one attached hydrogen (secondary N) is 2. The molecule has 0 unspecified atom stereocenters. The third-order valence-electron chi connectivity index (χ3n) is 6.80. The number of likely N-dealkylation sites (tertiary alicyclic amines) is 1. The van der Waals surface area contributed by atoms with Gasteiger partial charge in [-0.1, -0.05) is 42.5 Å². The van der Waals surface area contributed by atoms with Crippen LogP contribution in [0.25, 0.3) is 0 Å². The smallest absolute Gasteiger partial charge is 0.320 e. The first-order chi connectivity index (χ1) is 18.0. The highest BCUT2D eigenvalue weighted by Crippen LogP contribution is 2.24. The molecule has 2 fully saturated rings. The first-order valence-electron chi connectivity index (χ1n) is 13.0. The number of amides is 4. The lowest BCUT2D eigenvalue weighted by Crippen LogP contribution is -2.53. The maximum absolute atomic E-state index is 13.6. The number of para-hydroxylation sites is 2. The molecule has 0 aliphatic carbocycles. The van der Waals surface area contributed by atoms with E-state index >= 15 is 0 Å². The molecule has 2 aliphatic heterocycles. The van der Waals surface area contributed by atoms with Crippen molar-refractivity contribution in [1.29, 1.82) is 0 Å². The van der Waals surface area contributed by atoms with Crippen LogP contribution in [0, 0.1) is 5.92 Å². The zero-order valence-corrected chi connectivity index (χ0v) is 21.4. The zero-order valence-electron chi connectivity index (χ0n) is 21.4. The topological polar surface area (TPSA) is 100 Å².